The van der Waals surface area contributed by atoms with Crippen molar-refractivity contribution in [3.05, 3.63) is 28.2 Å². The van der Waals surface area contributed by atoms with E-state index >= 15 is 0 Å². The van der Waals surface area contributed by atoms with Crippen LogP contribution in [-0.4, -0.2) is 17.6 Å². The van der Waals surface area contributed by atoms with Gasteiger partial charge in [0.25, 0.3) is 0 Å². The van der Waals surface area contributed by atoms with Gasteiger partial charge in [-0.15, -0.1) is 0 Å². The van der Waals surface area contributed by atoms with Crippen molar-refractivity contribution in [3.8, 4) is 0 Å². The maximum atomic E-state index is 10.6. The fourth-order valence-electron chi connectivity index (χ4n) is 1.11. The first kappa shape index (κ1) is 12.0. The zero-order valence-corrected chi connectivity index (χ0v) is 10.3. The molecule has 0 aliphatic carbocycles. The molecule has 0 saturated carbocycles. The van der Waals surface area contributed by atoms with Crippen LogP contribution in [0.15, 0.2) is 22.7 Å². The van der Waals surface area contributed by atoms with Crippen LogP contribution >= 0.6 is 15.9 Å². The van der Waals surface area contributed by atoms with Crippen molar-refractivity contribution in [3.63, 3.8) is 0 Å². The minimum atomic E-state index is -0.786. The number of carbonyl (C=O) groups is 1. The molecule has 0 spiro atoms. The molecule has 1 rings (SSSR count). The Hall–Kier alpha value is -1.03. The number of hydrogen-bond acceptors (Lipinski definition) is 2. The molecule has 0 saturated heterocycles. The number of carboxylic acids is 1. The average Bonchev–Trinajstić information content (AvgIpc) is 2.15. The molecule has 1 aromatic carbocycles. The second-order valence-corrected chi connectivity index (χ2v) is 4.46. The summed E-state index contributed by atoms with van der Waals surface area (Å²) in [6.45, 7) is 4.11. The summed E-state index contributed by atoms with van der Waals surface area (Å²) in [6, 6.07) is 5.92. The van der Waals surface area contributed by atoms with Gasteiger partial charge in [0, 0.05) is 16.7 Å². The maximum absolute atomic E-state index is 10.6. The number of halogens is 1. The predicted molar refractivity (Wildman–Crippen MR) is 64.2 cm³/mol. The van der Waals surface area contributed by atoms with Gasteiger partial charge in [0.15, 0.2) is 0 Å². The van der Waals surface area contributed by atoms with Crippen molar-refractivity contribution >= 4 is 27.6 Å². The maximum Gasteiger partial charge on any atom is 0.308 e. The summed E-state index contributed by atoms with van der Waals surface area (Å²) in [7, 11) is 0. The van der Waals surface area contributed by atoms with E-state index in [1.165, 1.54) is 5.56 Å². The zero-order chi connectivity index (χ0) is 11.4. The molecule has 15 heavy (non-hydrogen) atoms. The van der Waals surface area contributed by atoms with E-state index in [1.54, 1.807) is 6.92 Å². The van der Waals surface area contributed by atoms with Gasteiger partial charge in [0.2, 0.25) is 0 Å². The Labute approximate surface area is 97.6 Å². The highest BCUT2D eigenvalue weighted by atomic mass is 79.9. The highest BCUT2D eigenvalue weighted by Gasteiger charge is 2.10. The smallest absolute Gasteiger partial charge is 0.308 e. The third-order valence-electron chi connectivity index (χ3n) is 2.14. The Morgan fingerprint density at radius 3 is 2.80 bits per heavy atom. The first-order chi connectivity index (χ1) is 7.00. The summed E-state index contributed by atoms with van der Waals surface area (Å²) in [5.74, 6) is -1.18. The van der Waals surface area contributed by atoms with Crippen molar-refractivity contribution in [2.24, 2.45) is 5.92 Å². The zero-order valence-electron chi connectivity index (χ0n) is 8.75. The van der Waals surface area contributed by atoms with E-state index in [0.29, 0.717) is 6.54 Å². The molecule has 1 atom stereocenters. The summed E-state index contributed by atoms with van der Waals surface area (Å²) in [6.07, 6.45) is 0. The highest BCUT2D eigenvalue weighted by Crippen LogP contribution is 2.23. The van der Waals surface area contributed by atoms with Crippen molar-refractivity contribution < 1.29 is 9.90 Å². The molecular formula is C11H14BrNO2. The number of benzene rings is 1. The van der Waals surface area contributed by atoms with Gasteiger partial charge in [-0.25, -0.2) is 0 Å². The lowest BCUT2D eigenvalue weighted by atomic mass is 10.1. The largest absolute Gasteiger partial charge is 0.481 e. The number of nitrogens with one attached hydrogen (secondary N) is 1. The predicted octanol–water partition coefficient (Wildman–Crippen LogP) is 2.89. The van der Waals surface area contributed by atoms with Crippen LogP contribution in [0.1, 0.15) is 12.5 Å². The van der Waals surface area contributed by atoms with Crippen LogP contribution < -0.4 is 5.32 Å². The normalized spacial score (nSPS) is 12.2. The Morgan fingerprint density at radius 2 is 2.27 bits per heavy atom. The molecule has 1 aromatic rings. The molecule has 0 aromatic heterocycles. The Balaban J connectivity index is 2.62. The van der Waals surface area contributed by atoms with Gasteiger partial charge >= 0.3 is 5.97 Å². The van der Waals surface area contributed by atoms with Gasteiger partial charge in [-0.05, 0) is 40.5 Å². The Kier molecular flexibility index (Phi) is 4.15. The summed E-state index contributed by atoms with van der Waals surface area (Å²) in [5.41, 5.74) is 2.09. The molecule has 0 radical (unpaired) electrons. The molecule has 0 bridgehead atoms. The monoisotopic (exact) mass is 271 g/mol. The third kappa shape index (κ3) is 3.55. The van der Waals surface area contributed by atoms with E-state index in [9.17, 15) is 4.79 Å². The minimum absolute atomic E-state index is 0.391. The van der Waals surface area contributed by atoms with E-state index in [2.05, 4.69) is 21.2 Å². The van der Waals surface area contributed by atoms with Crippen molar-refractivity contribution in [1.29, 1.82) is 0 Å². The second kappa shape index (κ2) is 5.16. The quantitative estimate of drug-likeness (QED) is 0.886. The van der Waals surface area contributed by atoms with Crippen LogP contribution in [0, 0.1) is 12.8 Å². The lowest BCUT2D eigenvalue weighted by Crippen LogP contribution is -2.19. The number of aliphatic carboxylic acids is 1. The molecule has 3 nitrogen and oxygen atoms in total. The first-order valence-electron chi connectivity index (χ1n) is 4.73. The van der Waals surface area contributed by atoms with Crippen LogP contribution in [0.4, 0.5) is 5.69 Å². The first-order valence-corrected chi connectivity index (χ1v) is 5.53. The molecule has 0 fully saturated rings. The second-order valence-electron chi connectivity index (χ2n) is 3.60. The molecule has 0 amide bonds. The van der Waals surface area contributed by atoms with E-state index in [-0.39, 0.29) is 0 Å². The van der Waals surface area contributed by atoms with Crippen LogP contribution in [0.25, 0.3) is 0 Å². The lowest BCUT2D eigenvalue weighted by molar-refractivity contribution is -0.140. The highest BCUT2D eigenvalue weighted by molar-refractivity contribution is 9.10. The van der Waals surface area contributed by atoms with E-state index in [4.69, 9.17) is 5.11 Å². The fraction of sp³-hybridized carbons (Fsp3) is 0.364. The number of aryl methyl sites for hydroxylation is 1. The molecule has 1 unspecified atom stereocenters. The molecule has 4 heteroatoms. The van der Waals surface area contributed by atoms with Gasteiger partial charge in [0.1, 0.15) is 0 Å². The van der Waals surface area contributed by atoms with E-state index in [1.807, 2.05) is 25.1 Å². The Morgan fingerprint density at radius 1 is 1.60 bits per heavy atom. The van der Waals surface area contributed by atoms with Crippen LogP contribution in [-0.2, 0) is 4.79 Å². The topological polar surface area (TPSA) is 49.3 Å². The van der Waals surface area contributed by atoms with Crippen LogP contribution in [0.5, 0.6) is 0 Å². The van der Waals surface area contributed by atoms with Gasteiger partial charge in [-0.2, -0.15) is 0 Å². The van der Waals surface area contributed by atoms with Crippen molar-refractivity contribution in [2.75, 3.05) is 11.9 Å². The van der Waals surface area contributed by atoms with Crippen molar-refractivity contribution in [1.82, 2.24) is 0 Å². The molecule has 0 aliphatic heterocycles. The Bertz CT molecular complexity index is 366. The van der Waals surface area contributed by atoms with Crippen LogP contribution in [0.3, 0.4) is 0 Å². The molecule has 0 aliphatic rings. The summed E-state index contributed by atoms with van der Waals surface area (Å²) in [5, 5.41) is 11.8. The molecule has 82 valence electrons. The average molecular weight is 272 g/mol. The van der Waals surface area contributed by atoms with Crippen molar-refractivity contribution in [2.45, 2.75) is 13.8 Å². The van der Waals surface area contributed by atoms with Gasteiger partial charge in [0.05, 0.1) is 5.92 Å². The van der Waals surface area contributed by atoms with Gasteiger partial charge in [-0.3, -0.25) is 4.79 Å². The molecular weight excluding hydrogens is 258 g/mol. The number of hydrogen-bond donors (Lipinski definition) is 2. The minimum Gasteiger partial charge on any atom is -0.481 e. The number of rotatable bonds is 4. The van der Waals surface area contributed by atoms with E-state index in [0.717, 1.165) is 10.2 Å². The van der Waals surface area contributed by atoms with E-state index < -0.39 is 11.9 Å². The van der Waals surface area contributed by atoms with Gasteiger partial charge in [-0.1, -0.05) is 13.0 Å². The summed E-state index contributed by atoms with van der Waals surface area (Å²) >= 11 is 3.42. The SMILES string of the molecule is Cc1ccc(NCC(C)C(=O)O)c(Br)c1. The molecule has 0 heterocycles. The fourth-order valence-corrected chi connectivity index (χ4v) is 1.75. The lowest BCUT2D eigenvalue weighted by Gasteiger charge is -2.11. The number of carboxylic acid groups (broad SMARTS) is 1. The van der Waals surface area contributed by atoms with Crippen LogP contribution in [0.2, 0.25) is 0 Å². The third-order valence-corrected chi connectivity index (χ3v) is 2.80. The molecule has 2 N–H and O–H groups in total. The standard InChI is InChI=1S/C11H14BrNO2/c1-7-3-4-10(9(12)5-7)13-6-8(2)11(14)15/h3-5,8,13H,6H2,1-2H3,(H,14,15). The summed E-state index contributed by atoms with van der Waals surface area (Å²) < 4.78 is 0.958. The summed E-state index contributed by atoms with van der Waals surface area (Å²) in [4.78, 5) is 10.6. The van der Waals surface area contributed by atoms with Gasteiger partial charge < -0.3 is 10.4 Å². The number of anilines is 1.